The van der Waals surface area contributed by atoms with E-state index in [1.54, 1.807) is 4.90 Å². The molecule has 1 atom stereocenters. The Kier molecular flexibility index (Phi) is 4.21. The molecule has 2 heterocycles. The number of carbonyl (C=O) groups excluding carboxylic acids is 1. The number of hydrogen-bond acceptors (Lipinski definition) is 3. The molecule has 0 spiro atoms. The average molecular weight is 237 g/mol. The zero-order valence-electron chi connectivity index (χ0n) is 10.0. The number of nitrogens with one attached hydrogen (secondary N) is 1. The first-order valence-electron chi connectivity index (χ1n) is 6.33. The molecule has 1 unspecified atom stereocenters. The molecule has 2 aliphatic heterocycles. The second kappa shape index (κ2) is 5.87. The second-order valence-corrected chi connectivity index (χ2v) is 4.71. The summed E-state index contributed by atoms with van der Waals surface area (Å²) in [6, 6.07) is 2.24. The number of urea groups is 1. The highest BCUT2D eigenvalue weighted by Crippen LogP contribution is 2.16. The van der Waals surface area contributed by atoms with Crippen LogP contribution in [0.1, 0.15) is 25.7 Å². The number of hydrogen-bond donors (Lipinski definition) is 1. The fourth-order valence-electron chi connectivity index (χ4n) is 2.33. The number of ether oxygens (including phenoxy) is 1. The topological polar surface area (TPSA) is 65.4 Å². The summed E-state index contributed by atoms with van der Waals surface area (Å²) in [4.78, 5) is 13.6. The predicted molar refractivity (Wildman–Crippen MR) is 62.3 cm³/mol. The molecule has 0 aromatic heterocycles. The molecule has 0 radical (unpaired) electrons. The Bertz CT molecular complexity index is 299. The van der Waals surface area contributed by atoms with Crippen LogP contribution < -0.4 is 5.32 Å². The van der Waals surface area contributed by atoms with Crippen LogP contribution in [0, 0.1) is 17.2 Å². The van der Waals surface area contributed by atoms with Gasteiger partial charge in [-0.3, -0.25) is 0 Å². The Balaban J connectivity index is 1.68. The minimum Gasteiger partial charge on any atom is -0.376 e. The normalized spacial score (nSPS) is 25.6. The van der Waals surface area contributed by atoms with Crippen LogP contribution in [0.3, 0.4) is 0 Å². The van der Waals surface area contributed by atoms with Crippen molar-refractivity contribution in [2.24, 2.45) is 5.92 Å². The number of nitriles is 1. The lowest BCUT2D eigenvalue weighted by molar-refractivity contribution is 0.107. The van der Waals surface area contributed by atoms with E-state index in [-0.39, 0.29) is 18.1 Å². The highest BCUT2D eigenvalue weighted by molar-refractivity contribution is 5.74. The lowest BCUT2D eigenvalue weighted by Crippen LogP contribution is -2.46. The fourth-order valence-corrected chi connectivity index (χ4v) is 2.33. The van der Waals surface area contributed by atoms with Gasteiger partial charge in [0.2, 0.25) is 0 Å². The standard InChI is InChI=1S/C12H19N3O2/c13-8-10-3-5-15(6-4-10)12(16)14-9-11-2-1-7-17-11/h10-11H,1-7,9H2,(H,14,16). The zero-order chi connectivity index (χ0) is 12.1. The number of carbonyl (C=O) groups is 1. The Hall–Kier alpha value is -1.28. The van der Waals surface area contributed by atoms with Crippen LogP contribution in [0.4, 0.5) is 4.79 Å². The molecule has 2 aliphatic rings. The summed E-state index contributed by atoms with van der Waals surface area (Å²) in [6.07, 6.45) is 3.91. The molecule has 2 fully saturated rings. The number of likely N-dealkylation sites (tertiary alicyclic amines) is 1. The van der Waals surface area contributed by atoms with E-state index in [0.29, 0.717) is 19.6 Å². The summed E-state index contributed by atoms with van der Waals surface area (Å²) in [6.45, 7) is 2.80. The molecular weight excluding hydrogens is 218 g/mol. The molecule has 17 heavy (non-hydrogen) atoms. The average Bonchev–Trinajstić information content (AvgIpc) is 2.89. The van der Waals surface area contributed by atoms with E-state index in [2.05, 4.69) is 11.4 Å². The SMILES string of the molecule is N#CC1CCN(C(=O)NCC2CCCO2)CC1. The molecule has 0 aromatic carbocycles. The number of rotatable bonds is 2. The van der Waals surface area contributed by atoms with Crippen molar-refractivity contribution in [2.45, 2.75) is 31.8 Å². The Morgan fingerprint density at radius 1 is 1.41 bits per heavy atom. The third kappa shape index (κ3) is 3.34. The molecule has 0 bridgehead atoms. The van der Waals surface area contributed by atoms with Gasteiger partial charge in [0.15, 0.2) is 0 Å². The molecule has 2 amide bonds. The largest absolute Gasteiger partial charge is 0.376 e. The molecule has 1 N–H and O–H groups in total. The molecule has 0 aromatic rings. The van der Waals surface area contributed by atoms with Crippen molar-refractivity contribution in [3.05, 3.63) is 0 Å². The highest BCUT2D eigenvalue weighted by Gasteiger charge is 2.23. The van der Waals surface area contributed by atoms with E-state index < -0.39 is 0 Å². The van der Waals surface area contributed by atoms with Gasteiger partial charge in [0.05, 0.1) is 12.2 Å². The lowest BCUT2D eigenvalue weighted by atomic mass is 9.99. The zero-order valence-corrected chi connectivity index (χ0v) is 10.0. The van der Waals surface area contributed by atoms with Crippen LogP contribution in [0.5, 0.6) is 0 Å². The van der Waals surface area contributed by atoms with E-state index in [4.69, 9.17) is 10.00 Å². The molecular formula is C12H19N3O2. The molecule has 0 saturated carbocycles. The molecule has 2 saturated heterocycles. The van der Waals surface area contributed by atoms with Crippen LogP contribution in [0.25, 0.3) is 0 Å². The molecule has 5 heteroatoms. The first-order chi connectivity index (χ1) is 8.29. The summed E-state index contributed by atoms with van der Waals surface area (Å²) < 4.78 is 5.45. The van der Waals surface area contributed by atoms with E-state index in [1.165, 1.54) is 0 Å². The molecule has 0 aliphatic carbocycles. The van der Waals surface area contributed by atoms with Gasteiger partial charge in [-0.1, -0.05) is 0 Å². The summed E-state index contributed by atoms with van der Waals surface area (Å²) in [5, 5.41) is 11.7. The van der Waals surface area contributed by atoms with Gasteiger partial charge < -0.3 is 15.0 Å². The number of nitrogens with zero attached hydrogens (tertiary/aromatic N) is 2. The third-order valence-electron chi connectivity index (χ3n) is 3.47. The van der Waals surface area contributed by atoms with Crippen molar-refractivity contribution in [1.82, 2.24) is 10.2 Å². The van der Waals surface area contributed by atoms with Gasteiger partial charge >= 0.3 is 6.03 Å². The van der Waals surface area contributed by atoms with Gasteiger partial charge in [0, 0.05) is 32.2 Å². The summed E-state index contributed by atoms with van der Waals surface area (Å²) in [5.41, 5.74) is 0. The van der Waals surface area contributed by atoms with Gasteiger partial charge in [-0.15, -0.1) is 0 Å². The van der Waals surface area contributed by atoms with Gasteiger partial charge in [-0.25, -0.2) is 4.79 Å². The van der Waals surface area contributed by atoms with Crippen LogP contribution >= 0.6 is 0 Å². The Labute approximate surface area is 102 Å². The van der Waals surface area contributed by atoms with Crippen molar-refractivity contribution >= 4 is 6.03 Å². The first-order valence-corrected chi connectivity index (χ1v) is 6.33. The van der Waals surface area contributed by atoms with Gasteiger partial charge in [0.25, 0.3) is 0 Å². The van der Waals surface area contributed by atoms with Crippen molar-refractivity contribution in [1.29, 1.82) is 5.26 Å². The van der Waals surface area contributed by atoms with E-state index in [1.807, 2.05) is 0 Å². The van der Waals surface area contributed by atoms with Crippen molar-refractivity contribution in [2.75, 3.05) is 26.2 Å². The minimum atomic E-state index is -0.0168. The second-order valence-electron chi connectivity index (χ2n) is 4.71. The summed E-state index contributed by atoms with van der Waals surface area (Å²) in [5.74, 6) is 0.122. The minimum absolute atomic E-state index is 0.0168. The van der Waals surface area contributed by atoms with Gasteiger partial charge in [0.1, 0.15) is 0 Å². The van der Waals surface area contributed by atoms with Gasteiger partial charge in [-0.05, 0) is 25.7 Å². The van der Waals surface area contributed by atoms with Crippen LogP contribution in [-0.2, 0) is 4.74 Å². The fraction of sp³-hybridized carbons (Fsp3) is 0.833. The lowest BCUT2D eigenvalue weighted by Gasteiger charge is -2.29. The first kappa shape index (κ1) is 12.2. The van der Waals surface area contributed by atoms with Crippen molar-refractivity contribution in [3.8, 4) is 6.07 Å². The maximum absolute atomic E-state index is 11.8. The Morgan fingerprint density at radius 2 is 2.18 bits per heavy atom. The van der Waals surface area contributed by atoms with Crippen molar-refractivity contribution in [3.63, 3.8) is 0 Å². The Morgan fingerprint density at radius 3 is 2.76 bits per heavy atom. The number of piperidine rings is 1. The van der Waals surface area contributed by atoms with E-state index >= 15 is 0 Å². The van der Waals surface area contributed by atoms with Crippen LogP contribution in [-0.4, -0.2) is 43.3 Å². The molecule has 5 nitrogen and oxygen atoms in total. The summed E-state index contributed by atoms with van der Waals surface area (Å²) in [7, 11) is 0. The van der Waals surface area contributed by atoms with E-state index in [0.717, 1.165) is 32.3 Å². The monoisotopic (exact) mass is 237 g/mol. The highest BCUT2D eigenvalue weighted by atomic mass is 16.5. The quantitative estimate of drug-likeness (QED) is 0.782. The van der Waals surface area contributed by atoms with E-state index in [9.17, 15) is 4.79 Å². The number of amides is 2. The predicted octanol–water partition coefficient (Wildman–Crippen LogP) is 1.11. The molecule has 94 valence electrons. The maximum atomic E-state index is 11.8. The maximum Gasteiger partial charge on any atom is 0.317 e. The van der Waals surface area contributed by atoms with Gasteiger partial charge in [-0.2, -0.15) is 5.26 Å². The van der Waals surface area contributed by atoms with Crippen LogP contribution in [0.15, 0.2) is 0 Å². The van der Waals surface area contributed by atoms with Crippen LogP contribution in [0.2, 0.25) is 0 Å². The van der Waals surface area contributed by atoms with Crippen molar-refractivity contribution < 1.29 is 9.53 Å². The molecule has 2 rings (SSSR count). The smallest absolute Gasteiger partial charge is 0.317 e. The third-order valence-corrected chi connectivity index (χ3v) is 3.47. The summed E-state index contributed by atoms with van der Waals surface area (Å²) >= 11 is 0.